The van der Waals surface area contributed by atoms with Gasteiger partial charge in [-0.1, -0.05) is 36.4 Å². The molecule has 2 rings (SSSR count). The summed E-state index contributed by atoms with van der Waals surface area (Å²) in [7, 11) is -2.01. The maximum absolute atomic E-state index is 12.9. The lowest BCUT2D eigenvalue weighted by Crippen LogP contribution is -2.18. The van der Waals surface area contributed by atoms with Gasteiger partial charge in [-0.25, -0.2) is 4.57 Å². The van der Waals surface area contributed by atoms with E-state index in [1.165, 1.54) is 11.9 Å². The second-order valence-corrected chi connectivity index (χ2v) is 6.23. The Hall–Kier alpha value is -2.44. The number of hydrogen-bond acceptors (Lipinski definition) is 5. The Labute approximate surface area is 123 Å². The van der Waals surface area contributed by atoms with Crippen LogP contribution in [-0.2, 0) is 4.57 Å². The molecule has 0 N–H and O–H groups in total. The number of rotatable bonds is 6. The smallest absolute Gasteiger partial charge is 0.415 e. The van der Waals surface area contributed by atoms with Gasteiger partial charge in [0.1, 0.15) is 11.5 Å². The fourth-order valence-corrected chi connectivity index (χ4v) is 3.27. The standard InChI is InChI=1S/C15H15N2O3P/c1-17(12-16)13-21(18,19-14-8-4-2-5-9-14)20-15-10-6-3-7-11-15/h2-11H,13H2,1H3. The van der Waals surface area contributed by atoms with Gasteiger partial charge in [-0.05, 0) is 24.3 Å². The summed E-state index contributed by atoms with van der Waals surface area (Å²) in [5.74, 6) is 0.867. The first-order chi connectivity index (χ1) is 10.1. The Morgan fingerprint density at radius 1 is 1.00 bits per heavy atom. The van der Waals surface area contributed by atoms with Gasteiger partial charge in [0.25, 0.3) is 0 Å². The third kappa shape index (κ3) is 4.55. The number of nitriles is 1. The molecule has 0 aliphatic heterocycles. The van der Waals surface area contributed by atoms with Crippen molar-refractivity contribution >= 4 is 7.60 Å². The Balaban J connectivity index is 2.22. The van der Waals surface area contributed by atoms with Crippen LogP contribution in [0.4, 0.5) is 0 Å². The normalized spacial score (nSPS) is 10.5. The van der Waals surface area contributed by atoms with E-state index in [4.69, 9.17) is 14.3 Å². The van der Waals surface area contributed by atoms with Gasteiger partial charge in [0.15, 0.2) is 12.5 Å². The molecule has 0 spiro atoms. The molecule has 0 bridgehead atoms. The Bertz CT molecular complexity index is 610. The average molecular weight is 302 g/mol. The van der Waals surface area contributed by atoms with Crippen LogP contribution in [0.15, 0.2) is 60.7 Å². The fraction of sp³-hybridized carbons (Fsp3) is 0.133. The quantitative estimate of drug-likeness (QED) is 0.462. The van der Waals surface area contributed by atoms with Gasteiger partial charge < -0.3 is 9.05 Å². The number of nitrogens with zero attached hydrogens (tertiary/aromatic N) is 2. The average Bonchev–Trinajstić information content (AvgIpc) is 2.48. The highest BCUT2D eigenvalue weighted by atomic mass is 31.2. The van der Waals surface area contributed by atoms with E-state index in [9.17, 15) is 4.57 Å². The van der Waals surface area contributed by atoms with Gasteiger partial charge in [0.2, 0.25) is 0 Å². The molecule has 0 aliphatic rings. The molecule has 0 fully saturated rings. The van der Waals surface area contributed by atoms with Crippen LogP contribution >= 0.6 is 7.60 Å². The summed E-state index contributed by atoms with van der Waals surface area (Å²) >= 11 is 0. The van der Waals surface area contributed by atoms with Crippen molar-refractivity contribution in [2.75, 3.05) is 13.3 Å². The summed E-state index contributed by atoms with van der Waals surface area (Å²) in [5.41, 5.74) is 0. The molecule has 21 heavy (non-hydrogen) atoms. The van der Waals surface area contributed by atoms with Crippen LogP contribution < -0.4 is 9.05 Å². The second kappa shape index (κ2) is 6.83. The largest absolute Gasteiger partial charge is 0.450 e. The highest BCUT2D eigenvalue weighted by Gasteiger charge is 2.30. The van der Waals surface area contributed by atoms with Crippen LogP contribution in [-0.4, -0.2) is 18.2 Å². The first-order valence-corrected chi connectivity index (χ1v) is 8.03. The first-order valence-electron chi connectivity index (χ1n) is 6.30. The van der Waals surface area contributed by atoms with Crippen molar-refractivity contribution in [3.05, 3.63) is 60.7 Å². The summed E-state index contributed by atoms with van der Waals surface area (Å²) < 4.78 is 23.9. The highest BCUT2D eigenvalue weighted by Crippen LogP contribution is 2.48. The molecule has 0 atom stereocenters. The van der Waals surface area contributed by atoms with Crippen LogP contribution in [0.3, 0.4) is 0 Å². The maximum Gasteiger partial charge on any atom is 0.450 e. The predicted octanol–water partition coefficient (Wildman–Crippen LogP) is 3.71. The van der Waals surface area contributed by atoms with Crippen LogP contribution in [0.1, 0.15) is 0 Å². The van der Waals surface area contributed by atoms with E-state index in [0.29, 0.717) is 11.5 Å². The van der Waals surface area contributed by atoms with Crippen molar-refractivity contribution in [2.45, 2.75) is 0 Å². The monoisotopic (exact) mass is 302 g/mol. The lowest BCUT2D eigenvalue weighted by atomic mass is 10.3. The first kappa shape index (κ1) is 15.0. The molecule has 0 heterocycles. The van der Waals surface area contributed by atoms with Crippen molar-refractivity contribution in [2.24, 2.45) is 0 Å². The molecule has 108 valence electrons. The Morgan fingerprint density at radius 3 is 1.81 bits per heavy atom. The minimum atomic E-state index is -3.53. The zero-order valence-electron chi connectivity index (χ0n) is 11.5. The summed E-state index contributed by atoms with van der Waals surface area (Å²) in [5, 5.41) is 8.87. The molecule has 0 saturated carbocycles. The molecule has 0 aliphatic carbocycles. The Kier molecular flexibility index (Phi) is 4.86. The molecule has 2 aromatic rings. The summed E-state index contributed by atoms with van der Waals surface area (Å²) in [6.45, 7) is 0. The van der Waals surface area contributed by atoms with Gasteiger partial charge >= 0.3 is 7.60 Å². The summed E-state index contributed by atoms with van der Waals surface area (Å²) in [6, 6.07) is 17.5. The molecule has 0 saturated heterocycles. The van der Waals surface area contributed by atoms with Crippen LogP contribution in [0, 0.1) is 11.5 Å². The zero-order chi connectivity index (χ0) is 15.1. The van der Waals surface area contributed by atoms with Crippen molar-refractivity contribution in [3.8, 4) is 17.7 Å². The van der Waals surface area contributed by atoms with Gasteiger partial charge in [-0.3, -0.25) is 4.90 Å². The molecule has 0 unspecified atom stereocenters. The van der Waals surface area contributed by atoms with Crippen LogP contribution in [0.25, 0.3) is 0 Å². The van der Waals surface area contributed by atoms with Crippen LogP contribution in [0.2, 0.25) is 0 Å². The molecule has 0 radical (unpaired) electrons. The summed E-state index contributed by atoms with van der Waals surface area (Å²) in [6.07, 6.45) is 1.76. The van der Waals surface area contributed by atoms with E-state index < -0.39 is 7.60 Å². The van der Waals surface area contributed by atoms with E-state index in [-0.39, 0.29) is 6.29 Å². The minimum absolute atomic E-state index is 0.132. The number of hydrogen-bond donors (Lipinski definition) is 0. The van der Waals surface area contributed by atoms with E-state index in [2.05, 4.69) is 0 Å². The highest BCUT2D eigenvalue weighted by molar-refractivity contribution is 7.54. The third-order valence-electron chi connectivity index (χ3n) is 2.53. The molecular weight excluding hydrogens is 287 g/mol. The van der Waals surface area contributed by atoms with E-state index in [0.717, 1.165) is 0 Å². The van der Waals surface area contributed by atoms with Gasteiger partial charge in [-0.15, -0.1) is 0 Å². The SMILES string of the molecule is CN(C#N)CP(=O)(Oc1ccccc1)Oc1ccccc1. The molecule has 5 nitrogen and oxygen atoms in total. The lowest BCUT2D eigenvalue weighted by molar-refractivity contribution is 0.362. The molecule has 0 amide bonds. The van der Waals surface area contributed by atoms with Gasteiger partial charge in [-0.2, -0.15) is 5.26 Å². The van der Waals surface area contributed by atoms with E-state index in [1.54, 1.807) is 48.5 Å². The van der Waals surface area contributed by atoms with Crippen molar-refractivity contribution in [1.82, 2.24) is 4.90 Å². The topological polar surface area (TPSA) is 62.6 Å². The van der Waals surface area contributed by atoms with Crippen molar-refractivity contribution in [3.63, 3.8) is 0 Å². The molecule has 6 heteroatoms. The predicted molar refractivity (Wildman–Crippen MR) is 80.0 cm³/mol. The number of para-hydroxylation sites is 2. The van der Waals surface area contributed by atoms with Crippen molar-refractivity contribution in [1.29, 1.82) is 5.26 Å². The second-order valence-electron chi connectivity index (χ2n) is 4.36. The Morgan fingerprint density at radius 2 is 1.43 bits per heavy atom. The van der Waals surface area contributed by atoms with E-state index >= 15 is 0 Å². The minimum Gasteiger partial charge on any atom is -0.415 e. The van der Waals surface area contributed by atoms with Crippen LogP contribution in [0.5, 0.6) is 11.5 Å². The lowest BCUT2D eigenvalue weighted by Gasteiger charge is -2.22. The fourth-order valence-electron chi connectivity index (χ4n) is 1.65. The molecule has 2 aromatic carbocycles. The summed E-state index contributed by atoms with van der Waals surface area (Å²) in [4.78, 5) is 1.21. The molecular formula is C15H15N2O3P. The maximum atomic E-state index is 12.9. The third-order valence-corrected chi connectivity index (χ3v) is 4.28. The molecule has 0 aromatic heterocycles. The number of benzene rings is 2. The van der Waals surface area contributed by atoms with Gasteiger partial charge in [0.05, 0.1) is 0 Å². The van der Waals surface area contributed by atoms with Gasteiger partial charge in [0, 0.05) is 7.05 Å². The van der Waals surface area contributed by atoms with E-state index in [1.807, 2.05) is 18.3 Å². The van der Waals surface area contributed by atoms with Crippen molar-refractivity contribution < 1.29 is 13.6 Å². The zero-order valence-corrected chi connectivity index (χ0v) is 12.4.